The molecule has 1 aliphatic carbocycles. The van der Waals surface area contributed by atoms with Crippen molar-refractivity contribution in [3.63, 3.8) is 0 Å². The molecule has 11 rings (SSSR count). The Morgan fingerprint density at radius 3 is 1.17 bits per heavy atom. The molecule has 2 nitrogen and oxygen atoms in total. The average Bonchev–Trinajstić information content (AvgIpc) is 3.42. The largest absolute Gasteiger partial charge is 0.311 e. The van der Waals surface area contributed by atoms with Gasteiger partial charge >= 0.3 is 0 Å². The fourth-order valence-electron chi connectivity index (χ4n) is 9.35. The molecule has 0 saturated heterocycles. The average molecular weight is 583 g/mol. The predicted molar refractivity (Wildman–Crippen MR) is 191 cm³/mol. The first-order valence-electron chi connectivity index (χ1n) is 16.2. The minimum atomic E-state index is -0.436. The van der Waals surface area contributed by atoms with Crippen molar-refractivity contribution in [2.75, 3.05) is 9.80 Å². The summed E-state index contributed by atoms with van der Waals surface area (Å²) in [5, 5.41) is 0. The highest BCUT2D eigenvalue weighted by atomic mass is 15.2. The highest BCUT2D eigenvalue weighted by Crippen LogP contribution is 2.59. The zero-order chi connectivity index (χ0) is 30.0. The van der Waals surface area contributed by atoms with Gasteiger partial charge in [-0.1, -0.05) is 115 Å². The van der Waals surface area contributed by atoms with Gasteiger partial charge in [0.05, 0.1) is 5.41 Å². The monoisotopic (exact) mass is 582 g/mol. The Morgan fingerprint density at radius 2 is 0.696 bits per heavy atom. The molecule has 0 N–H and O–H groups in total. The summed E-state index contributed by atoms with van der Waals surface area (Å²) in [5.74, 6) is 0. The van der Waals surface area contributed by atoms with E-state index in [1.807, 2.05) is 0 Å². The van der Waals surface area contributed by atoms with Crippen LogP contribution < -0.4 is 26.2 Å². The van der Waals surface area contributed by atoms with Crippen LogP contribution in [-0.4, -0.2) is 6.71 Å². The molecule has 3 heteroatoms. The van der Waals surface area contributed by atoms with Crippen LogP contribution >= 0.6 is 0 Å². The van der Waals surface area contributed by atoms with E-state index in [1.54, 1.807) is 0 Å². The van der Waals surface area contributed by atoms with Crippen LogP contribution in [0.2, 0.25) is 0 Å². The summed E-state index contributed by atoms with van der Waals surface area (Å²) < 4.78 is 0. The second-order valence-electron chi connectivity index (χ2n) is 12.8. The molecule has 7 aromatic rings. The Kier molecular flexibility index (Phi) is 4.63. The lowest BCUT2D eigenvalue weighted by Crippen LogP contribution is -2.67. The van der Waals surface area contributed by atoms with Gasteiger partial charge in [0, 0.05) is 34.1 Å². The molecular weight excluding hydrogens is 555 g/mol. The molecule has 1 spiro atoms. The van der Waals surface area contributed by atoms with E-state index in [9.17, 15) is 0 Å². The van der Waals surface area contributed by atoms with Crippen molar-refractivity contribution < 1.29 is 0 Å². The van der Waals surface area contributed by atoms with Gasteiger partial charge in [-0.3, -0.25) is 0 Å². The second-order valence-corrected chi connectivity index (χ2v) is 12.8. The molecule has 3 heterocycles. The summed E-state index contributed by atoms with van der Waals surface area (Å²) in [6.07, 6.45) is 0. The second kappa shape index (κ2) is 8.68. The molecule has 0 saturated carbocycles. The molecule has 0 atom stereocenters. The van der Waals surface area contributed by atoms with Gasteiger partial charge in [0.25, 0.3) is 6.71 Å². The van der Waals surface area contributed by atoms with E-state index in [-0.39, 0.29) is 6.71 Å². The molecule has 0 fully saturated rings. The Labute approximate surface area is 268 Å². The maximum absolute atomic E-state index is 2.51. The Bertz CT molecular complexity index is 2230. The van der Waals surface area contributed by atoms with E-state index in [0.717, 1.165) is 0 Å². The van der Waals surface area contributed by atoms with Crippen molar-refractivity contribution in [3.8, 4) is 11.1 Å². The van der Waals surface area contributed by atoms with Gasteiger partial charge in [-0.05, 0) is 98.3 Å². The maximum Gasteiger partial charge on any atom is 0.253 e. The first kappa shape index (κ1) is 24.5. The van der Waals surface area contributed by atoms with Crippen LogP contribution in [0, 0.1) is 0 Å². The molecule has 0 bridgehead atoms. The topological polar surface area (TPSA) is 6.48 Å². The normalized spacial score (nSPS) is 15.0. The predicted octanol–water partition coefficient (Wildman–Crippen LogP) is 8.45. The molecule has 212 valence electrons. The first-order valence-corrected chi connectivity index (χ1v) is 16.2. The third kappa shape index (κ3) is 2.77. The van der Waals surface area contributed by atoms with Crippen molar-refractivity contribution in [1.82, 2.24) is 0 Å². The van der Waals surface area contributed by atoms with Crippen LogP contribution in [0.25, 0.3) is 11.1 Å². The fourth-order valence-corrected chi connectivity index (χ4v) is 9.35. The van der Waals surface area contributed by atoms with Crippen LogP contribution in [0.3, 0.4) is 0 Å². The molecule has 46 heavy (non-hydrogen) atoms. The van der Waals surface area contributed by atoms with E-state index < -0.39 is 5.41 Å². The Balaban J connectivity index is 1.36. The number of hydrogen-bond donors (Lipinski definition) is 0. The van der Waals surface area contributed by atoms with Crippen molar-refractivity contribution in [2.24, 2.45) is 0 Å². The number of fused-ring (bicyclic) bond motifs is 7. The quantitative estimate of drug-likeness (QED) is 0.189. The lowest BCUT2D eigenvalue weighted by molar-refractivity contribution is 0.774. The summed E-state index contributed by atoms with van der Waals surface area (Å²) in [6, 6.07) is 61.0. The van der Waals surface area contributed by atoms with Crippen molar-refractivity contribution >= 4 is 57.2 Å². The fraction of sp³-hybridized carbons (Fsp3) is 0.0233. The third-order valence-electron chi connectivity index (χ3n) is 10.8. The number of rotatable bonds is 2. The molecule has 0 amide bonds. The standard InChI is InChI=1S/C43H27BN2/c1-3-14-28(15-4-1)45-36-24-11-22-34-40(36)44-41-35(43(34)32-20-9-7-18-30(32)31-19-8-10-21-33(31)43)23-12-25-37(41)46(29-16-5-2-6-17-29)39-27-13-26-38(45)42(39)44/h1-27H. The van der Waals surface area contributed by atoms with E-state index in [2.05, 4.69) is 174 Å². The summed E-state index contributed by atoms with van der Waals surface area (Å²) in [6.45, 7) is 0.120. The highest BCUT2D eigenvalue weighted by Gasteiger charge is 2.57. The summed E-state index contributed by atoms with van der Waals surface area (Å²) in [7, 11) is 0. The van der Waals surface area contributed by atoms with Crippen LogP contribution in [-0.2, 0) is 5.41 Å². The lowest BCUT2D eigenvalue weighted by atomic mass is 9.28. The lowest BCUT2D eigenvalue weighted by Gasteiger charge is -2.51. The van der Waals surface area contributed by atoms with Crippen molar-refractivity contribution in [2.45, 2.75) is 5.41 Å². The molecule has 0 radical (unpaired) electrons. The van der Waals surface area contributed by atoms with Crippen LogP contribution in [0.5, 0.6) is 0 Å². The van der Waals surface area contributed by atoms with Crippen LogP contribution in [0.4, 0.5) is 34.1 Å². The van der Waals surface area contributed by atoms with Crippen LogP contribution in [0.1, 0.15) is 22.3 Å². The van der Waals surface area contributed by atoms with Crippen molar-refractivity contribution in [1.29, 1.82) is 0 Å². The van der Waals surface area contributed by atoms with Crippen molar-refractivity contribution in [3.05, 3.63) is 186 Å². The number of para-hydroxylation sites is 2. The molecule has 3 aliphatic heterocycles. The molecule has 7 aromatic carbocycles. The Hall–Kier alpha value is -5.80. The summed E-state index contributed by atoms with van der Waals surface area (Å²) in [5.41, 5.74) is 19.4. The summed E-state index contributed by atoms with van der Waals surface area (Å²) >= 11 is 0. The highest BCUT2D eigenvalue weighted by molar-refractivity contribution is 7.01. The van der Waals surface area contributed by atoms with E-state index in [4.69, 9.17) is 0 Å². The van der Waals surface area contributed by atoms with Gasteiger partial charge in [0.15, 0.2) is 0 Å². The molecule has 0 aromatic heterocycles. The van der Waals surface area contributed by atoms with E-state index >= 15 is 0 Å². The molecule has 4 aliphatic rings. The van der Waals surface area contributed by atoms with Gasteiger partial charge < -0.3 is 9.80 Å². The third-order valence-corrected chi connectivity index (χ3v) is 10.8. The van der Waals surface area contributed by atoms with E-state index in [1.165, 1.54) is 83.9 Å². The van der Waals surface area contributed by atoms with Crippen LogP contribution in [0.15, 0.2) is 164 Å². The number of nitrogens with zero attached hydrogens (tertiary/aromatic N) is 2. The van der Waals surface area contributed by atoms with Gasteiger partial charge in [0.1, 0.15) is 0 Å². The number of anilines is 6. The van der Waals surface area contributed by atoms with Gasteiger partial charge in [0.2, 0.25) is 0 Å². The minimum Gasteiger partial charge on any atom is -0.311 e. The van der Waals surface area contributed by atoms with Gasteiger partial charge in [-0.2, -0.15) is 0 Å². The molecule has 0 unspecified atom stereocenters. The smallest absolute Gasteiger partial charge is 0.253 e. The zero-order valence-electron chi connectivity index (χ0n) is 25.1. The van der Waals surface area contributed by atoms with E-state index in [0.29, 0.717) is 0 Å². The summed E-state index contributed by atoms with van der Waals surface area (Å²) in [4.78, 5) is 5.02. The first-order chi connectivity index (χ1) is 22.9. The molecular formula is C43H27BN2. The zero-order valence-corrected chi connectivity index (χ0v) is 25.1. The van der Waals surface area contributed by atoms with Gasteiger partial charge in [-0.15, -0.1) is 0 Å². The minimum absolute atomic E-state index is 0.120. The van der Waals surface area contributed by atoms with Gasteiger partial charge in [-0.25, -0.2) is 0 Å². The Morgan fingerprint density at radius 1 is 0.326 bits per heavy atom. The SMILES string of the molecule is c1ccc(N2c3cccc4c3B3c5c2cccc5C2(c5ccccc5-c5ccccc52)c2cccc(c23)N4c2ccccc2)cc1. The number of benzene rings is 7. The number of hydrogen-bond acceptors (Lipinski definition) is 2. The maximum atomic E-state index is 2.51.